The highest BCUT2D eigenvalue weighted by atomic mass is 16.5. The Kier molecular flexibility index (Phi) is 6.11. The molecule has 1 amide bonds. The highest BCUT2D eigenvalue weighted by Crippen LogP contribution is 2.43. The summed E-state index contributed by atoms with van der Waals surface area (Å²) < 4.78 is 5.55. The lowest BCUT2D eigenvalue weighted by molar-refractivity contribution is 0.0974. The molecule has 1 saturated heterocycles. The van der Waals surface area contributed by atoms with Crippen molar-refractivity contribution in [3.63, 3.8) is 0 Å². The summed E-state index contributed by atoms with van der Waals surface area (Å²) in [6, 6.07) is 17.5. The second-order valence-corrected chi connectivity index (χ2v) is 9.00. The molecular weight excluding hydrogens is 428 g/mol. The third-order valence-corrected chi connectivity index (χ3v) is 6.79. The van der Waals surface area contributed by atoms with Crippen molar-refractivity contribution in [2.24, 2.45) is 0 Å². The molecule has 7 heteroatoms. The largest absolute Gasteiger partial charge is 0.378 e. The van der Waals surface area contributed by atoms with Gasteiger partial charge in [0.15, 0.2) is 0 Å². The number of pyridine rings is 1. The van der Waals surface area contributed by atoms with Crippen LogP contribution in [0.5, 0.6) is 0 Å². The Balaban J connectivity index is 1.58. The van der Waals surface area contributed by atoms with E-state index in [1.807, 2.05) is 43.3 Å². The Bertz CT molecular complexity index is 1230. The Morgan fingerprint density at radius 1 is 1.00 bits per heavy atom. The molecule has 1 N–H and O–H groups in total. The average molecular weight is 459 g/mol. The zero-order valence-corrected chi connectivity index (χ0v) is 19.7. The summed E-state index contributed by atoms with van der Waals surface area (Å²) >= 11 is 0. The van der Waals surface area contributed by atoms with E-state index in [1.54, 1.807) is 23.2 Å². The van der Waals surface area contributed by atoms with Crippen LogP contribution in [0, 0.1) is 0 Å². The number of rotatable bonds is 5. The highest BCUT2D eigenvalue weighted by Gasteiger charge is 2.35. The van der Waals surface area contributed by atoms with E-state index in [-0.39, 0.29) is 23.1 Å². The van der Waals surface area contributed by atoms with Crippen molar-refractivity contribution in [2.75, 3.05) is 55.1 Å². The number of hydrogen-bond donors (Lipinski definition) is 1. The van der Waals surface area contributed by atoms with Crippen molar-refractivity contribution >= 4 is 23.0 Å². The zero-order chi connectivity index (χ0) is 23.7. The number of H-pyrrole nitrogens is 1. The highest BCUT2D eigenvalue weighted by molar-refractivity contribution is 6.06. The van der Waals surface area contributed by atoms with E-state index in [1.165, 1.54) is 11.3 Å². The van der Waals surface area contributed by atoms with Gasteiger partial charge in [-0.3, -0.25) is 9.59 Å². The molecule has 2 heterocycles. The first-order valence-electron chi connectivity index (χ1n) is 11.8. The number of nitrogens with zero attached hydrogens (tertiary/aromatic N) is 3. The summed E-state index contributed by atoms with van der Waals surface area (Å²) in [7, 11) is 3.98. The maximum absolute atomic E-state index is 13.8. The van der Waals surface area contributed by atoms with E-state index < -0.39 is 0 Å². The minimum absolute atomic E-state index is 0.145. The van der Waals surface area contributed by atoms with Gasteiger partial charge in [-0.05, 0) is 66.4 Å². The van der Waals surface area contributed by atoms with Crippen molar-refractivity contribution in [1.82, 2.24) is 4.98 Å². The van der Waals surface area contributed by atoms with E-state index in [0.29, 0.717) is 0 Å². The van der Waals surface area contributed by atoms with Gasteiger partial charge < -0.3 is 24.4 Å². The van der Waals surface area contributed by atoms with Gasteiger partial charge in [-0.15, -0.1) is 0 Å². The number of amides is 1. The maximum Gasteiger partial charge on any atom is 0.264 e. The first-order valence-corrected chi connectivity index (χ1v) is 11.8. The number of carbonyl (C=O) groups is 1. The number of benzene rings is 2. The number of hydrogen-bond acceptors (Lipinski definition) is 5. The van der Waals surface area contributed by atoms with E-state index in [4.69, 9.17) is 4.74 Å². The Labute approximate surface area is 199 Å². The van der Waals surface area contributed by atoms with Gasteiger partial charge >= 0.3 is 0 Å². The topological polar surface area (TPSA) is 68.9 Å². The van der Waals surface area contributed by atoms with Crippen molar-refractivity contribution in [2.45, 2.75) is 18.9 Å². The van der Waals surface area contributed by atoms with Gasteiger partial charge in [0.05, 0.1) is 19.3 Å². The molecule has 0 radical (unpaired) electrons. The van der Waals surface area contributed by atoms with Crippen LogP contribution in [0.1, 0.15) is 33.9 Å². The molecular formula is C27H30N4O3. The molecule has 2 aliphatic rings. The first-order chi connectivity index (χ1) is 16.5. The van der Waals surface area contributed by atoms with Gasteiger partial charge in [-0.25, -0.2) is 0 Å². The van der Waals surface area contributed by atoms with Crippen LogP contribution in [-0.2, 0) is 11.2 Å². The van der Waals surface area contributed by atoms with Crippen molar-refractivity contribution in [1.29, 1.82) is 0 Å². The second kappa shape index (κ2) is 9.35. The SMILES string of the molecule is CN(C)c1ccc(N(C(=O)c2ccc[nH]c2=O)C2CCc3c2cccc3N2CCOCC2)cc1. The van der Waals surface area contributed by atoms with E-state index in [0.717, 1.165) is 56.1 Å². The number of anilines is 3. The normalized spacial score (nSPS) is 17.4. The van der Waals surface area contributed by atoms with Gasteiger partial charge in [-0.1, -0.05) is 12.1 Å². The van der Waals surface area contributed by atoms with E-state index in [9.17, 15) is 9.59 Å². The van der Waals surface area contributed by atoms with Gasteiger partial charge in [-0.2, -0.15) is 0 Å². The smallest absolute Gasteiger partial charge is 0.264 e. The Morgan fingerprint density at radius 3 is 2.44 bits per heavy atom. The number of fused-ring (bicyclic) bond motifs is 1. The quantitative estimate of drug-likeness (QED) is 0.633. The summed E-state index contributed by atoms with van der Waals surface area (Å²) in [6.07, 6.45) is 3.25. The lowest BCUT2D eigenvalue weighted by Gasteiger charge is -2.32. The van der Waals surface area contributed by atoms with Gasteiger partial charge in [0.2, 0.25) is 0 Å². The van der Waals surface area contributed by atoms with Crippen LogP contribution in [-0.4, -0.2) is 51.3 Å². The number of morpholine rings is 1. The molecule has 1 unspecified atom stereocenters. The third kappa shape index (κ3) is 4.07. The summed E-state index contributed by atoms with van der Waals surface area (Å²) in [4.78, 5) is 35.2. The minimum atomic E-state index is -0.373. The fourth-order valence-electron chi connectivity index (χ4n) is 5.05. The fourth-order valence-corrected chi connectivity index (χ4v) is 5.05. The molecule has 1 aromatic heterocycles. The van der Waals surface area contributed by atoms with Crippen molar-refractivity contribution < 1.29 is 9.53 Å². The van der Waals surface area contributed by atoms with E-state index in [2.05, 4.69) is 28.1 Å². The molecule has 0 bridgehead atoms. The van der Waals surface area contributed by atoms with Crippen LogP contribution in [0.3, 0.4) is 0 Å². The monoisotopic (exact) mass is 458 g/mol. The molecule has 3 aromatic rings. The molecule has 176 valence electrons. The minimum Gasteiger partial charge on any atom is -0.378 e. The fraction of sp³-hybridized carbons (Fsp3) is 0.333. The second-order valence-electron chi connectivity index (χ2n) is 9.00. The summed E-state index contributed by atoms with van der Waals surface area (Å²) in [5.41, 5.74) is 5.29. The molecule has 1 aliphatic carbocycles. The number of nitrogens with one attached hydrogen (secondary N) is 1. The maximum atomic E-state index is 13.8. The standard InChI is InChI=1S/C27H30N4O3/c1-29(2)19-8-10-20(11-9-19)31(27(33)23-6-4-14-28-26(23)32)25-13-12-22-21(25)5-3-7-24(22)30-15-17-34-18-16-30/h3-11,14,25H,12-13,15-18H2,1-2H3,(H,28,32). The van der Waals surface area contributed by atoms with Crippen LogP contribution in [0.15, 0.2) is 65.6 Å². The number of aromatic nitrogens is 1. The summed E-state index contributed by atoms with van der Waals surface area (Å²) in [5, 5.41) is 0. The third-order valence-electron chi connectivity index (χ3n) is 6.79. The first kappa shape index (κ1) is 22.2. The van der Waals surface area contributed by atoms with Gasteiger partial charge in [0.1, 0.15) is 5.56 Å². The van der Waals surface area contributed by atoms with Crippen molar-refractivity contribution in [3.8, 4) is 0 Å². The molecule has 2 aromatic carbocycles. The molecule has 1 aliphatic heterocycles. The lowest BCUT2D eigenvalue weighted by Crippen LogP contribution is -2.37. The Morgan fingerprint density at radius 2 is 1.74 bits per heavy atom. The van der Waals surface area contributed by atoms with E-state index >= 15 is 0 Å². The molecule has 0 saturated carbocycles. The number of carbonyl (C=O) groups excluding carboxylic acids is 1. The molecule has 1 atom stereocenters. The number of aromatic amines is 1. The van der Waals surface area contributed by atoms with Crippen molar-refractivity contribution in [3.05, 3.63) is 87.8 Å². The summed E-state index contributed by atoms with van der Waals surface area (Å²) in [6.45, 7) is 3.20. The average Bonchev–Trinajstić information content (AvgIpc) is 3.29. The number of ether oxygens (including phenoxy) is 1. The molecule has 7 nitrogen and oxygen atoms in total. The Hall–Kier alpha value is -3.58. The predicted molar refractivity (Wildman–Crippen MR) is 135 cm³/mol. The van der Waals surface area contributed by atoms with Crippen LogP contribution in [0.2, 0.25) is 0 Å². The summed E-state index contributed by atoms with van der Waals surface area (Å²) in [5.74, 6) is -0.283. The van der Waals surface area contributed by atoms with Crippen LogP contribution in [0.25, 0.3) is 0 Å². The lowest BCUT2D eigenvalue weighted by atomic mass is 10.0. The van der Waals surface area contributed by atoms with Crippen LogP contribution in [0.4, 0.5) is 17.1 Å². The van der Waals surface area contributed by atoms with Gasteiger partial charge in [0, 0.05) is 50.4 Å². The van der Waals surface area contributed by atoms with Gasteiger partial charge in [0.25, 0.3) is 11.5 Å². The van der Waals surface area contributed by atoms with Crippen LogP contribution >= 0.6 is 0 Å². The molecule has 0 spiro atoms. The molecule has 5 rings (SSSR count). The zero-order valence-electron chi connectivity index (χ0n) is 19.7. The molecule has 1 fully saturated rings. The molecule has 34 heavy (non-hydrogen) atoms. The van der Waals surface area contributed by atoms with Crippen LogP contribution < -0.4 is 20.3 Å². The predicted octanol–water partition coefficient (Wildman–Crippen LogP) is 3.61.